The summed E-state index contributed by atoms with van der Waals surface area (Å²) in [5.74, 6) is 0.233. The highest BCUT2D eigenvalue weighted by Gasteiger charge is 2.07. The fourth-order valence-corrected chi connectivity index (χ4v) is 2.01. The fraction of sp³-hybridized carbons (Fsp3) is 1.00. The van der Waals surface area contributed by atoms with Crippen LogP contribution in [0.1, 0.15) is 6.42 Å². The number of hydrogen-bond acceptors (Lipinski definition) is 5. The van der Waals surface area contributed by atoms with Crippen LogP contribution in [0.4, 0.5) is 0 Å². The average molecular weight is 238 g/mol. The molecule has 2 N–H and O–H groups in total. The molecule has 0 heterocycles. The van der Waals surface area contributed by atoms with Gasteiger partial charge in [0.1, 0.15) is 9.84 Å². The Hall–Kier alpha value is -0.170. The molecule has 0 rings (SSSR count). The first-order valence-electron chi connectivity index (χ1n) is 4.96. The lowest BCUT2D eigenvalue weighted by atomic mass is 10.3. The Kier molecular flexibility index (Phi) is 7.08. The van der Waals surface area contributed by atoms with Crippen LogP contribution < -0.4 is 5.73 Å². The zero-order valence-electron chi connectivity index (χ0n) is 9.77. The third-order valence-electron chi connectivity index (χ3n) is 1.98. The van der Waals surface area contributed by atoms with Crippen molar-refractivity contribution < 1.29 is 13.2 Å². The van der Waals surface area contributed by atoms with E-state index in [-0.39, 0.29) is 11.8 Å². The van der Waals surface area contributed by atoms with E-state index in [9.17, 15) is 8.42 Å². The largest absolute Gasteiger partial charge is 0.383 e. The number of nitrogens with zero attached hydrogens (tertiary/aromatic N) is 1. The standard InChI is InChI=1S/C9H22N2O3S/c1-11(7-9(10)8-14-2)5-4-6-15(3,12)13/h9H,4-8,10H2,1-3H3. The van der Waals surface area contributed by atoms with Gasteiger partial charge in [-0.05, 0) is 20.0 Å². The number of methoxy groups -OCH3 is 1. The molecule has 0 saturated carbocycles. The predicted molar refractivity (Wildman–Crippen MR) is 61.7 cm³/mol. The maximum Gasteiger partial charge on any atom is 0.147 e. The normalized spacial score (nSPS) is 14.5. The zero-order valence-corrected chi connectivity index (χ0v) is 10.6. The molecule has 15 heavy (non-hydrogen) atoms. The van der Waals surface area contributed by atoms with E-state index < -0.39 is 9.84 Å². The highest BCUT2D eigenvalue weighted by molar-refractivity contribution is 7.90. The van der Waals surface area contributed by atoms with Gasteiger partial charge >= 0.3 is 0 Å². The van der Waals surface area contributed by atoms with Crippen LogP contribution in [0.15, 0.2) is 0 Å². The van der Waals surface area contributed by atoms with Gasteiger partial charge in [-0.3, -0.25) is 0 Å². The summed E-state index contributed by atoms with van der Waals surface area (Å²) in [7, 11) is 0.702. The van der Waals surface area contributed by atoms with Crippen molar-refractivity contribution in [2.45, 2.75) is 12.5 Å². The number of ether oxygens (including phenoxy) is 1. The first-order valence-corrected chi connectivity index (χ1v) is 7.02. The van der Waals surface area contributed by atoms with Gasteiger partial charge in [0.25, 0.3) is 0 Å². The molecular weight excluding hydrogens is 216 g/mol. The molecule has 0 saturated heterocycles. The van der Waals surface area contributed by atoms with Crippen LogP contribution in [0.2, 0.25) is 0 Å². The lowest BCUT2D eigenvalue weighted by Gasteiger charge is -2.20. The summed E-state index contributed by atoms with van der Waals surface area (Å²) < 4.78 is 26.7. The SMILES string of the molecule is COCC(N)CN(C)CCCS(C)(=O)=O. The molecule has 0 aliphatic carbocycles. The van der Waals surface area contributed by atoms with Crippen LogP contribution in [0, 0.1) is 0 Å². The Morgan fingerprint density at radius 1 is 1.47 bits per heavy atom. The lowest BCUT2D eigenvalue weighted by Crippen LogP contribution is -2.39. The van der Waals surface area contributed by atoms with Gasteiger partial charge in [-0.25, -0.2) is 8.42 Å². The summed E-state index contributed by atoms with van der Waals surface area (Å²) in [4.78, 5) is 2.02. The molecule has 5 nitrogen and oxygen atoms in total. The maximum atomic E-state index is 10.9. The topological polar surface area (TPSA) is 72.6 Å². The van der Waals surface area contributed by atoms with Crippen LogP contribution in [0.25, 0.3) is 0 Å². The molecule has 0 bridgehead atoms. The molecule has 0 radical (unpaired) electrons. The molecule has 0 spiro atoms. The summed E-state index contributed by atoms with van der Waals surface area (Å²) in [6.45, 7) is 1.98. The second-order valence-corrected chi connectivity index (χ2v) is 6.22. The molecular formula is C9H22N2O3S. The van der Waals surface area contributed by atoms with Gasteiger partial charge in [-0.1, -0.05) is 0 Å². The average Bonchev–Trinajstić information content (AvgIpc) is 2.01. The van der Waals surface area contributed by atoms with Crippen molar-refractivity contribution >= 4 is 9.84 Å². The lowest BCUT2D eigenvalue weighted by molar-refractivity contribution is 0.161. The number of nitrogens with two attached hydrogens (primary N) is 1. The third-order valence-corrected chi connectivity index (χ3v) is 3.01. The smallest absolute Gasteiger partial charge is 0.147 e. The van der Waals surface area contributed by atoms with Crippen molar-refractivity contribution in [3.63, 3.8) is 0 Å². The number of hydrogen-bond donors (Lipinski definition) is 1. The molecule has 0 amide bonds. The molecule has 0 aromatic carbocycles. The predicted octanol–water partition coefficient (Wildman–Crippen LogP) is -0.673. The minimum atomic E-state index is -2.84. The minimum Gasteiger partial charge on any atom is -0.383 e. The summed E-state index contributed by atoms with van der Waals surface area (Å²) >= 11 is 0. The molecule has 0 aromatic rings. The first kappa shape index (κ1) is 14.8. The van der Waals surface area contributed by atoms with Gasteiger partial charge in [0.05, 0.1) is 12.4 Å². The van der Waals surface area contributed by atoms with E-state index >= 15 is 0 Å². The molecule has 1 atom stereocenters. The Morgan fingerprint density at radius 2 is 2.07 bits per heavy atom. The monoisotopic (exact) mass is 238 g/mol. The molecule has 1 unspecified atom stereocenters. The summed E-state index contributed by atoms with van der Waals surface area (Å²) in [5.41, 5.74) is 5.76. The molecule has 0 aromatic heterocycles. The third kappa shape index (κ3) is 10.1. The van der Waals surface area contributed by atoms with Gasteiger partial charge in [-0.2, -0.15) is 0 Å². The van der Waals surface area contributed by atoms with Crippen LogP contribution in [-0.4, -0.2) is 65.2 Å². The van der Waals surface area contributed by atoms with E-state index in [4.69, 9.17) is 10.5 Å². The summed E-state index contributed by atoms with van der Waals surface area (Å²) in [5, 5.41) is 0. The van der Waals surface area contributed by atoms with Crippen LogP contribution >= 0.6 is 0 Å². The quantitative estimate of drug-likeness (QED) is 0.607. The Labute approximate surface area is 92.5 Å². The number of sulfone groups is 1. The van der Waals surface area contributed by atoms with Crippen molar-refractivity contribution in [3.8, 4) is 0 Å². The van der Waals surface area contributed by atoms with Gasteiger partial charge in [0, 0.05) is 26.0 Å². The highest BCUT2D eigenvalue weighted by Crippen LogP contribution is 1.94. The minimum absolute atomic E-state index is 0.0155. The molecule has 0 aliphatic rings. The Morgan fingerprint density at radius 3 is 2.53 bits per heavy atom. The van der Waals surface area contributed by atoms with Gasteiger partial charge in [0.2, 0.25) is 0 Å². The second-order valence-electron chi connectivity index (χ2n) is 3.96. The Bertz CT molecular complexity index is 254. The van der Waals surface area contributed by atoms with Crippen molar-refractivity contribution in [1.82, 2.24) is 4.90 Å². The van der Waals surface area contributed by atoms with Crippen molar-refractivity contribution in [2.75, 3.05) is 45.9 Å². The second kappa shape index (κ2) is 7.16. The van der Waals surface area contributed by atoms with E-state index in [1.54, 1.807) is 7.11 Å². The molecule has 92 valence electrons. The highest BCUT2D eigenvalue weighted by atomic mass is 32.2. The first-order chi connectivity index (χ1) is 6.85. The maximum absolute atomic E-state index is 10.9. The summed E-state index contributed by atoms with van der Waals surface area (Å²) in [6.07, 6.45) is 1.90. The van der Waals surface area contributed by atoms with E-state index in [0.717, 1.165) is 13.1 Å². The van der Waals surface area contributed by atoms with Gasteiger partial charge < -0.3 is 15.4 Å². The number of rotatable bonds is 8. The van der Waals surface area contributed by atoms with E-state index in [1.165, 1.54) is 6.26 Å². The van der Waals surface area contributed by atoms with Gasteiger partial charge in [-0.15, -0.1) is 0 Å². The molecule has 0 fully saturated rings. The van der Waals surface area contributed by atoms with Crippen molar-refractivity contribution in [2.24, 2.45) is 5.73 Å². The van der Waals surface area contributed by atoms with Crippen molar-refractivity contribution in [3.05, 3.63) is 0 Å². The van der Waals surface area contributed by atoms with E-state index in [1.807, 2.05) is 11.9 Å². The van der Waals surface area contributed by atoms with Crippen LogP contribution in [0.3, 0.4) is 0 Å². The van der Waals surface area contributed by atoms with E-state index in [2.05, 4.69) is 0 Å². The zero-order chi connectivity index (χ0) is 11.9. The number of likely N-dealkylation sites (N-methyl/N-ethyl adjacent to an activating group) is 1. The Balaban J connectivity index is 3.61. The molecule has 6 heteroatoms. The summed E-state index contributed by atoms with van der Waals surface area (Å²) in [6, 6.07) is -0.0155. The van der Waals surface area contributed by atoms with E-state index in [0.29, 0.717) is 13.0 Å². The van der Waals surface area contributed by atoms with Crippen LogP contribution in [-0.2, 0) is 14.6 Å². The van der Waals surface area contributed by atoms with Gasteiger partial charge in [0.15, 0.2) is 0 Å². The van der Waals surface area contributed by atoms with Crippen molar-refractivity contribution in [1.29, 1.82) is 0 Å². The molecule has 0 aliphatic heterocycles. The fourth-order valence-electron chi connectivity index (χ4n) is 1.36. The van der Waals surface area contributed by atoms with Crippen LogP contribution in [0.5, 0.6) is 0 Å².